The fourth-order valence-electron chi connectivity index (χ4n) is 3.50. The molecule has 3 heterocycles. The van der Waals surface area contributed by atoms with E-state index in [-0.39, 0.29) is 17.9 Å². The van der Waals surface area contributed by atoms with Gasteiger partial charge in [0.2, 0.25) is 5.91 Å². The third kappa shape index (κ3) is 4.41. The molecule has 0 saturated carbocycles. The molecule has 2 fully saturated rings. The number of carbonyl (C=O) groups excluding carboxylic acids is 2. The van der Waals surface area contributed by atoms with Gasteiger partial charge in [0.05, 0.1) is 24.9 Å². The molecule has 2 amide bonds. The molecule has 136 valence electrons. The molecule has 1 aromatic rings. The smallest absolute Gasteiger partial charge is 0.409 e. The van der Waals surface area contributed by atoms with Crippen molar-refractivity contribution >= 4 is 23.5 Å². The summed E-state index contributed by atoms with van der Waals surface area (Å²) in [7, 11) is 1.36. The van der Waals surface area contributed by atoms with Crippen LogP contribution in [-0.4, -0.2) is 55.2 Å². The lowest BCUT2D eigenvalue weighted by Gasteiger charge is -2.31. The number of anilines is 2. The number of rotatable bonds is 3. The van der Waals surface area contributed by atoms with Gasteiger partial charge in [-0.25, -0.2) is 9.78 Å². The van der Waals surface area contributed by atoms with Gasteiger partial charge < -0.3 is 19.9 Å². The largest absolute Gasteiger partial charge is 0.453 e. The fourth-order valence-corrected chi connectivity index (χ4v) is 3.50. The number of amides is 2. The molecule has 1 N–H and O–H groups in total. The number of carbonyl (C=O) groups is 2. The van der Waals surface area contributed by atoms with Crippen LogP contribution in [-0.2, 0) is 9.53 Å². The third-order valence-electron chi connectivity index (χ3n) is 4.92. The highest BCUT2D eigenvalue weighted by Gasteiger charge is 2.29. The van der Waals surface area contributed by atoms with Gasteiger partial charge in [-0.3, -0.25) is 4.79 Å². The van der Waals surface area contributed by atoms with Gasteiger partial charge in [0.25, 0.3) is 0 Å². The maximum absolute atomic E-state index is 12.5. The van der Waals surface area contributed by atoms with Crippen molar-refractivity contribution in [2.45, 2.75) is 32.1 Å². The fraction of sp³-hybridized carbons (Fsp3) is 0.611. The summed E-state index contributed by atoms with van der Waals surface area (Å²) >= 11 is 0. The van der Waals surface area contributed by atoms with Crippen LogP contribution in [0.15, 0.2) is 18.3 Å². The van der Waals surface area contributed by atoms with Crippen molar-refractivity contribution < 1.29 is 14.3 Å². The Bertz CT molecular complexity index is 599. The molecule has 7 nitrogen and oxygen atoms in total. The first kappa shape index (κ1) is 17.5. The Balaban J connectivity index is 1.56. The summed E-state index contributed by atoms with van der Waals surface area (Å²) in [5, 5.41) is 2.92. The molecule has 7 heteroatoms. The molecule has 2 aliphatic heterocycles. The molecule has 0 unspecified atom stereocenters. The second-order valence-corrected chi connectivity index (χ2v) is 6.70. The monoisotopic (exact) mass is 346 g/mol. The van der Waals surface area contributed by atoms with E-state index < -0.39 is 0 Å². The van der Waals surface area contributed by atoms with E-state index in [2.05, 4.69) is 15.2 Å². The SMILES string of the molecule is COC(=O)N1CCC[C@H](C(=O)Nc2ccc(N3CCCCC3)nc2)C1. The molecule has 0 aromatic carbocycles. The van der Waals surface area contributed by atoms with Gasteiger partial charge in [0.1, 0.15) is 5.82 Å². The lowest BCUT2D eigenvalue weighted by Crippen LogP contribution is -2.43. The standard InChI is InChI=1S/C18H26N4O3/c1-25-18(24)22-11-5-6-14(13-22)17(23)20-15-7-8-16(19-12-15)21-9-3-2-4-10-21/h7-8,12,14H,2-6,9-11,13H2,1H3,(H,20,23)/t14-/m0/s1. The highest BCUT2D eigenvalue weighted by atomic mass is 16.5. The minimum absolute atomic E-state index is 0.0684. The Morgan fingerprint density at radius 3 is 2.64 bits per heavy atom. The van der Waals surface area contributed by atoms with Crippen molar-refractivity contribution in [3.05, 3.63) is 18.3 Å². The minimum atomic E-state index is -0.370. The number of pyridine rings is 1. The van der Waals surface area contributed by atoms with Crippen molar-refractivity contribution in [2.24, 2.45) is 5.92 Å². The van der Waals surface area contributed by atoms with Crippen LogP contribution >= 0.6 is 0 Å². The second-order valence-electron chi connectivity index (χ2n) is 6.70. The molecule has 3 rings (SSSR count). The van der Waals surface area contributed by atoms with Gasteiger partial charge >= 0.3 is 6.09 Å². The first-order chi connectivity index (χ1) is 12.2. The number of piperidine rings is 2. The summed E-state index contributed by atoms with van der Waals surface area (Å²) in [4.78, 5) is 32.5. The minimum Gasteiger partial charge on any atom is -0.453 e. The maximum Gasteiger partial charge on any atom is 0.409 e. The number of ether oxygens (including phenoxy) is 1. The first-order valence-electron chi connectivity index (χ1n) is 9.02. The van der Waals surface area contributed by atoms with Gasteiger partial charge in [0, 0.05) is 26.2 Å². The highest BCUT2D eigenvalue weighted by molar-refractivity contribution is 5.93. The highest BCUT2D eigenvalue weighted by Crippen LogP contribution is 2.21. The lowest BCUT2D eigenvalue weighted by atomic mass is 9.97. The molecule has 0 spiro atoms. The molecule has 25 heavy (non-hydrogen) atoms. The van der Waals surface area contributed by atoms with Gasteiger partial charge in [-0.2, -0.15) is 0 Å². The van der Waals surface area contributed by atoms with E-state index >= 15 is 0 Å². The van der Waals surface area contributed by atoms with Crippen LogP contribution in [0.2, 0.25) is 0 Å². The number of hydrogen-bond acceptors (Lipinski definition) is 5. The molecule has 1 aromatic heterocycles. The van der Waals surface area contributed by atoms with Crippen LogP contribution < -0.4 is 10.2 Å². The first-order valence-corrected chi connectivity index (χ1v) is 9.02. The Labute approximate surface area is 148 Å². The Kier molecular flexibility index (Phi) is 5.73. The van der Waals surface area contributed by atoms with Gasteiger partial charge in [-0.05, 0) is 44.2 Å². The van der Waals surface area contributed by atoms with E-state index in [0.717, 1.165) is 31.7 Å². The van der Waals surface area contributed by atoms with E-state index in [1.807, 2.05) is 12.1 Å². The number of methoxy groups -OCH3 is 1. The van der Waals surface area contributed by atoms with E-state index in [9.17, 15) is 9.59 Å². The maximum atomic E-state index is 12.5. The zero-order chi connectivity index (χ0) is 17.6. The summed E-state index contributed by atoms with van der Waals surface area (Å²) in [5.41, 5.74) is 0.695. The van der Waals surface area contributed by atoms with Crippen LogP contribution in [0, 0.1) is 5.92 Å². The van der Waals surface area contributed by atoms with E-state index in [1.165, 1.54) is 26.4 Å². The number of likely N-dealkylation sites (tertiary alicyclic amines) is 1. The summed E-state index contributed by atoms with van der Waals surface area (Å²) in [6, 6.07) is 3.86. The number of aromatic nitrogens is 1. The van der Waals surface area contributed by atoms with Crippen molar-refractivity contribution in [3.63, 3.8) is 0 Å². The van der Waals surface area contributed by atoms with Crippen molar-refractivity contribution in [1.29, 1.82) is 0 Å². The molecule has 2 saturated heterocycles. The predicted octanol–water partition coefficient (Wildman–Crippen LogP) is 2.49. The van der Waals surface area contributed by atoms with Crippen molar-refractivity contribution in [3.8, 4) is 0 Å². The Morgan fingerprint density at radius 1 is 1.16 bits per heavy atom. The summed E-state index contributed by atoms with van der Waals surface area (Å²) in [5.74, 6) is 0.683. The summed E-state index contributed by atoms with van der Waals surface area (Å²) < 4.78 is 4.75. The number of hydrogen-bond donors (Lipinski definition) is 1. The zero-order valence-corrected chi connectivity index (χ0v) is 14.7. The molecular weight excluding hydrogens is 320 g/mol. The zero-order valence-electron chi connectivity index (χ0n) is 14.7. The van der Waals surface area contributed by atoms with E-state index in [0.29, 0.717) is 18.8 Å². The molecule has 0 aliphatic carbocycles. The Hall–Kier alpha value is -2.31. The van der Waals surface area contributed by atoms with Gasteiger partial charge in [0.15, 0.2) is 0 Å². The van der Waals surface area contributed by atoms with Crippen molar-refractivity contribution in [1.82, 2.24) is 9.88 Å². The van der Waals surface area contributed by atoms with Gasteiger partial charge in [-0.1, -0.05) is 0 Å². The van der Waals surface area contributed by atoms with Crippen LogP contribution in [0.5, 0.6) is 0 Å². The summed E-state index contributed by atoms with van der Waals surface area (Å²) in [6.07, 6.45) is 6.62. The quantitative estimate of drug-likeness (QED) is 0.910. The van der Waals surface area contributed by atoms with Crippen LogP contribution in [0.4, 0.5) is 16.3 Å². The van der Waals surface area contributed by atoms with Gasteiger partial charge in [-0.15, -0.1) is 0 Å². The summed E-state index contributed by atoms with van der Waals surface area (Å²) in [6.45, 7) is 3.13. The third-order valence-corrected chi connectivity index (χ3v) is 4.92. The predicted molar refractivity (Wildman–Crippen MR) is 95.6 cm³/mol. The number of nitrogens with one attached hydrogen (secondary N) is 1. The van der Waals surface area contributed by atoms with Crippen molar-refractivity contribution in [2.75, 3.05) is 43.5 Å². The number of nitrogens with zero attached hydrogens (tertiary/aromatic N) is 3. The Morgan fingerprint density at radius 2 is 1.96 bits per heavy atom. The van der Waals surface area contributed by atoms with Crippen LogP contribution in [0.3, 0.4) is 0 Å². The lowest BCUT2D eigenvalue weighted by molar-refractivity contribution is -0.121. The molecule has 2 aliphatic rings. The molecule has 0 radical (unpaired) electrons. The topological polar surface area (TPSA) is 74.8 Å². The average molecular weight is 346 g/mol. The van der Waals surface area contributed by atoms with Crippen LogP contribution in [0.25, 0.3) is 0 Å². The molecule has 0 bridgehead atoms. The van der Waals surface area contributed by atoms with E-state index in [1.54, 1.807) is 11.1 Å². The average Bonchev–Trinajstić information content (AvgIpc) is 2.68. The van der Waals surface area contributed by atoms with Crippen LogP contribution in [0.1, 0.15) is 32.1 Å². The second kappa shape index (κ2) is 8.18. The van der Waals surface area contributed by atoms with E-state index in [4.69, 9.17) is 4.74 Å². The normalized spacial score (nSPS) is 20.9. The molecular formula is C18H26N4O3. The molecule has 1 atom stereocenters.